The first-order chi connectivity index (χ1) is 17.0. The van der Waals surface area contributed by atoms with E-state index in [9.17, 15) is 5.26 Å². The molecule has 0 atom stereocenters. The molecule has 5 rings (SSSR count). The molecule has 1 aliphatic heterocycles. The maximum atomic E-state index is 9.77. The van der Waals surface area contributed by atoms with Gasteiger partial charge in [0.15, 0.2) is 11.6 Å². The Morgan fingerprint density at radius 1 is 1.03 bits per heavy atom. The van der Waals surface area contributed by atoms with Crippen LogP contribution in [0.1, 0.15) is 17.0 Å². The lowest BCUT2D eigenvalue weighted by Crippen LogP contribution is -2.44. The molecule has 1 saturated heterocycles. The Morgan fingerprint density at radius 2 is 1.83 bits per heavy atom. The van der Waals surface area contributed by atoms with Crippen molar-refractivity contribution in [3.63, 3.8) is 0 Å². The lowest BCUT2D eigenvalue weighted by Gasteiger charge is -2.33. The highest BCUT2D eigenvalue weighted by atomic mass is 16.5. The molecule has 4 heterocycles. The van der Waals surface area contributed by atoms with E-state index in [0.717, 1.165) is 48.5 Å². The lowest BCUT2D eigenvalue weighted by molar-refractivity contribution is 0.312. The van der Waals surface area contributed by atoms with Crippen LogP contribution < -0.4 is 15.0 Å². The third-order valence-electron chi connectivity index (χ3n) is 6.22. The van der Waals surface area contributed by atoms with Crippen LogP contribution in [0.2, 0.25) is 0 Å². The van der Waals surface area contributed by atoms with Gasteiger partial charge < -0.3 is 19.9 Å². The third-order valence-corrected chi connectivity index (χ3v) is 6.22. The van der Waals surface area contributed by atoms with Crippen LogP contribution in [0, 0.1) is 25.2 Å². The Kier molecular flexibility index (Phi) is 5.93. The van der Waals surface area contributed by atoms with E-state index in [1.54, 1.807) is 11.8 Å². The molecule has 0 amide bonds. The van der Waals surface area contributed by atoms with Crippen molar-refractivity contribution < 1.29 is 4.74 Å². The Labute approximate surface area is 203 Å². The Bertz CT molecular complexity index is 1430. The van der Waals surface area contributed by atoms with E-state index in [-0.39, 0.29) is 0 Å². The molecule has 1 aliphatic rings. The molecule has 10 heteroatoms. The van der Waals surface area contributed by atoms with Gasteiger partial charge in [-0.1, -0.05) is 12.1 Å². The van der Waals surface area contributed by atoms with Crippen molar-refractivity contribution in [2.24, 2.45) is 0 Å². The van der Waals surface area contributed by atoms with E-state index in [1.807, 2.05) is 44.2 Å². The number of nitrogens with zero attached hydrogens (tertiary/aromatic N) is 8. The highest BCUT2D eigenvalue weighted by Gasteiger charge is 2.19. The van der Waals surface area contributed by atoms with Crippen molar-refractivity contribution in [2.45, 2.75) is 13.8 Å². The first-order valence-corrected chi connectivity index (χ1v) is 11.5. The predicted molar refractivity (Wildman–Crippen MR) is 135 cm³/mol. The first kappa shape index (κ1) is 22.6. The Hall–Kier alpha value is -4.23. The van der Waals surface area contributed by atoms with Crippen LogP contribution in [0.3, 0.4) is 0 Å². The summed E-state index contributed by atoms with van der Waals surface area (Å²) in [6.45, 7) is 7.64. The maximum Gasteiger partial charge on any atom is 0.156 e. The molecule has 178 valence electrons. The number of hydrogen-bond acceptors (Lipinski definition) is 9. The average molecular weight is 470 g/mol. The molecule has 0 radical (unpaired) electrons. The van der Waals surface area contributed by atoms with Crippen LogP contribution in [0.15, 0.2) is 36.5 Å². The van der Waals surface area contributed by atoms with Gasteiger partial charge in [-0.25, -0.2) is 15.0 Å². The summed E-state index contributed by atoms with van der Waals surface area (Å²) in [6, 6.07) is 11.9. The fourth-order valence-corrected chi connectivity index (χ4v) is 4.31. The molecule has 3 aromatic heterocycles. The van der Waals surface area contributed by atoms with Crippen LogP contribution in [0.25, 0.3) is 16.7 Å². The first-order valence-electron chi connectivity index (χ1n) is 11.5. The number of aryl methyl sites for hydroxylation is 2. The number of pyridine rings is 1. The predicted octanol–water partition coefficient (Wildman–Crippen LogP) is 3.20. The number of piperazine rings is 1. The molecule has 35 heavy (non-hydrogen) atoms. The lowest BCUT2D eigenvalue weighted by atomic mass is 10.1. The second-order valence-corrected chi connectivity index (χ2v) is 8.66. The molecular formula is C25H27N9O. The number of likely N-dealkylation sites (N-methyl/N-ethyl adjacent to an activating group) is 1. The molecule has 10 nitrogen and oxygen atoms in total. The van der Waals surface area contributed by atoms with E-state index in [0.29, 0.717) is 34.6 Å². The largest absolute Gasteiger partial charge is 0.494 e. The van der Waals surface area contributed by atoms with Gasteiger partial charge in [-0.3, -0.25) is 0 Å². The van der Waals surface area contributed by atoms with Crippen LogP contribution in [0.4, 0.5) is 17.5 Å². The number of ether oxygens (including phenoxy) is 1. The summed E-state index contributed by atoms with van der Waals surface area (Å²) in [6.07, 6.45) is 1.53. The highest BCUT2D eigenvalue weighted by molar-refractivity contribution is 5.88. The molecule has 1 N–H and O–H groups in total. The summed E-state index contributed by atoms with van der Waals surface area (Å²) >= 11 is 0. The number of para-hydroxylation sites is 1. The van der Waals surface area contributed by atoms with E-state index in [2.05, 4.69) is 43.3 Å². The maximum absolute atomic E-state index is 9.77. The fourth-order valence-electron chi connectivity index (χ4n) is 4.31. The van der Waals surface area contributed by atoms with Crippen LogP contribution in [-0.2, 0) is 0 Å². The number of hydrogen-bond donors (Lipinski definition) is 1. The highest BCUT2D eigenvalue weighted by Crippen LogP contribution is 2.30. The molecule has 0 aliphatic carbocycles. The zero-order valence-corrected chi connectivity index (χ0v) is 20.3. The molecule has 4 aromatic rings. The molecule has 1 fully saturated rings. The van der Waals surface area contributed by atoms with E-state index >= 15 is 0 Å². The zero-order valence-electron chi connectivity index (χ0n) is 20.3. The van der Waals surface area contributed by atoms with Crippen LogP contribution in [-0.4, -0.2) is 70.0 Å². The number of fused-ring (bicyclic) bond motifs is 1. The van der Waals surface area contributed by atoms with E-state index < -0.39 is 0 Å². The van der Waals surface area contributed by atoms with Gasteiger partial charge in [0.05, 0.1) is 13.3 Å². The second kappa shape index (κ2) is 9.19. The molecular weight excluding hydrogens is 442 g/mol. The number of nitrogens with one attached hydrogen (secondary N) is 1. The minimum atomic E-state index is 0.391. The molecule has 0 spiro atoms. The van der Waals surface area contributed by atoms with Gasteiger partial charge in [0.25, 0.3) is 0 Å². The Morgan fingerprint density at radius 3 is 2.57 bits per heavy atom. The quantitative estimate of drug-likeness (QED) is 0.471. The van der Waals surface area contributed by atoms with Crippen molar-refractivity contribution in [3.8, 4) is 17.6 Å². The van der Waals surface area contributed by atoms with Gasteiger partial charge in [0.2, 0.25) is 0 Å². The standard InChI is InChI=1S/C25H27N9O/c1-16-12-23(31-24-19(16)6-5-7-20(24)35-4)34-25(18(14-26)15-27-34)30-21-13-22(29-17(2)28-21)33-10-8-32(3)9-11-33/h5-7,12-13,15H,8-11H2,1-4H3,(H,28,29,30). The van der Waals surface area contributed by atoms with Crippen molar-refractivity contribution >= 4 is 28.4 Å². The van der Waals surface area contributed by atoms with Crippen molar-refractivity contribution in [1.29, 1.82) is 5.26 Å². The summed E-state index contributed by atoms with van der Waals surface area (Å²) in [4.78, 5) is 18.6. The molecule has 0 bridgehead atoms. The second-order valence-electron chi connectivity index (χ2n) is 8.66. The van der Waals surface area contributed by atoms with E-state index in [1.165, 1.54) is 6.20 Å². The van der Waals surface area contributed by atoms with E-state index in [4.69, 9.17) is 9.72 Å². The number of rotatable bonds is 5. The average Bonchev–Trinajstić information content (AvgIpc) is 3.26. The smallest absolute Gasteiger partial charge is 0.156 e. The molecule has 0 saturated carbocycles. The van der Waals surface area contributed by atoms with Gasteiger partial charge in [0, 0.05) is 37.6 Å². The SMILES string of the molecule is COc1cccc2c(C)cc(-n3ncc(C#N)c3Nc3cc(N4CCN(C)CC4)nc(C)n3)nc12. The summed E-state index contributed by atoms with van der Waals surface area (Å²) < 4.78 is 7.16. The minimum Gasteiger partial charge on any atom is -0.494 e. The Balaban J connectivity index is 1.55. The normalized spacial score (nSPS) is 14.2. The summed E-state index contributed by atoms with van der Waals surface area (Å²) in [5.74, 6) is 3.86. The van der Waals surface area contributed by atoms with Crippen molar-refractivity contribution in [1.82, 2.24) is 29.6 Å². The van der Waals surface area contributed by atoms with Crippen LogP contribution in [0.5, 0.6) is 5.75 Å². The zero-order chi connectivity index (χ0) is 24.5. The van der Waals surface area contributed by atoms with Gasteiger partial charge in [0.1, 0.15) is 40.4 Å². The summed E-state index contributed by atoms with van der Waals surface area (Å²) in [5.41, 5.74) is 2.15. The third kappa shape index (κ3) is 4.34. The fraction of sp³-hybridized carbons (Fsp3) is 0.320. The number of aromatic nitrogens is 5. The monoisotopic (exact) mass is 469 g/mol. The topological polar surface area (TPSA) is 108 Å². The summed E-state index contributed by atoms with van der Waals surface area (Å²) in [7, 11) is 3.75. The van der Waals surface area contributed by atoms with Gasteiger partial charge in [-0.2, -0.15) is 15.0 Å². The van der Waals surface area contributed by atoms with Gasteiger partial charge in [-0.05, 0) is 38.6 Å². The van der Waals surface area contributed by atoms with Gasteiger partial charge >= 0.3 is 0 Å². The van der Waals surface area contributed by atoms with Crippen molar-refractivity contribution in [3.05, 3.63) is 53.5 Å². The number of anilines is 3. The van der Waals surface area contributed by atoms with Gasteiger partial charge in [-0.15, -0.1) is 0 Å². The van der Waals surface area contributed by atoms with Crippen molar-refractivity contribution in [2.75, 3.05) is 50.6 Å². The van der Waals surface area contributed by atoms with Crippen LogP contribution >= 0.6 is 0 Å². The number of benzene rings is 1. The minimum absolute atomic E-state index is 0.391. The molecule has 1 aromatic carbocycles. The number of methoxy groups -OCH3 is 1. The molecule has 0 unspecified atom stereocenters. The summed E-state index contributed by atoms with van der Waals surface area (Å²) in [5, 5.41) is 18.6. The number of nitriles is 1.